The fraction of sp³-hybridized carbons (Fsp3) is 0.100. The molecule has 1 aromatic carbocycles. The summed E-state index contributed by atoms with van der Waals surface area (Å²) in [6.07, 6.45) is 3.31. The third-order valence-electron chi connectivity index (χ3n) is 4.24. The van der Waals surface area contributed by atoms with Crippen molar-refractivity contribution in [1.82, 2.24) is 19.1 Å². The fourth-order valence-electron chi connectivity index (χ4n) is 2.97. The lowest BCUT2D eigenvalue weighted by Crippen LogP contribution is -2.38. The highest BCUT2D eigenvalue weighted by Gasteiger charge is 2.17. The van der Waals surface area contributed by atoms with E-state index in [1.165, 1.54) is 12.1 Å². The van der Waals surface area contributed by atoms with Crippen LogP contribution in [0.3, 0.4) is 0 Å². The first-order valence-electron chi connectivity index (χ1n) is 8.36. The summed E-state index contributed by atoms with van der Waals surface area (Å²) in [6, 6.07) is 14.8. The second kappa shape index (κ2) is 6.95. The van der Waals surface area contributed by atoms with Crippen molar-refractivity contribution in [1.29, 1.82) is 0 Å². The molecule has 6 nitrogen and oxygen atoms in total. The van der Waals surface area contributed by atoms with Gasteiger partial charge in [-0.2, -0.15) is 4.98 Å². The van der Waals surface area contributed by atoms with E-state index in [0.29, 0.717) is 23.4 Å². The standard InChI is InChI=1S/C20H15FN4O2/c21-15-6-3-5-14(11-15)12-24-10-4-8-17-18(24)23-20(27)25(19(17)26)13-16-7-1-2-9-22-16/h1-11H,12-13H2. The molecule has 4 rings (SSSR count). The van der Waals surface area contributed by atoms with Gasteiger partial charge in [-0.25, -0.2) is 9.18 Å². The average Bonchev–Trinajstić information content (AvgIpc) is 2.67. The van der Waals surface area contributed by atoms with Crippen LogP contribution in [0.25, 0.3) is 11.4 Å². The van der Waals surface area contributed by atoms with E-state index < -0.39 is 11.2 Å². The number of fused-ring (bicyclic) bond motifs is 1. The number of hydrogen-bond donors (Lipinski definition) is 0. The zero-order chi connectivity index (χ0) is 18.8. The van der Waals surface area contributed by atoms with E-state index in [1.807, 2.05) is 0 Å². The van der Waals surface area contributed by atoms with E-state index in [1.54, 1.807) is 59.4 Å². The molecule has 0 spiro atoms. The van der Waals surface area contributed by atoms with Crippen molar-refractivity contribution in [3.8, 4) is 11.4 Å². The smallest absolute Gasteiger partial charge is 0.328 e. The number of hydrogen-bond acceptors (Lipinski definition) is 4. The van der Waals surface area contributed by atoms with Crippen molar-refractivity contribution >= 4 is 0 Å². The van der Waals surface area contributed by atoms with Crippen molar-refractivity contribution in [2.24, 2.45) is 0 Å². The molecule has 2 aliphatic heterocycles. The highest BCUT2D eigenvalue weighted by Crippen LogP contribution is 2.15. The van der Waals surface area contributed by atoms with Gasteiger partial charge in [-0.05, 0) is 42.0 Å². The molecular weight excluding hydrogens is 347 g/mol. The Bertz CT molecular complexity index is 1180. The molecule has 134 valence electrons. The zero-order valence-corrected chi connectivity index (χ0v) is 14.2. The molecule has 0 aliphatic carbocycles. The minimum atomic E-state index is -0.641. The van der Waals surface area contributed by atoms with Gasteiger partial charge in [-0.3, -0.25) is 14.3 Å². The van der Waals surface area contributed by atoms with Crippen LogP contribution in [0.15, 0.2) is 76.6 Å². The Morgan fingerprint density at radius 3 is 2.63 bits per heavy atom. The highest BCUT2D eigenvalue weighted by molar-refractivity contribution is 5.54. The van der Waals surface area contributed by atoms with Crippen LogP contribution in [0.1, 0.15) is 11.3 Å². The second-order valence-electron chi connectivity index (χ2n) is 6.11. The Hall–Kier alpha value is -3.61. The maximum absolute atomic E-state index is 13.4. The predicted molar refractivity (Wildman–Crippen MR) is 98.2 cm³/mol. The molecular formula is C20H15FN4O2. The molecule has 2 aromatic rings. The van der Waals surface area contributed by atoms with Crippen LogP contribution in [0, 0.1) is 5.82 Å². The summed E-state index contributed by atoms with van der Waals surface area (Å²) in [6.45, 7) is 0.353. The fourth-order valence-corrected chi connectivity index (χ4v) is 2.97. The third kappa shape index (κ3) is 3.39. The predicted octanol–water partition coefficient (Wildman–Crippen LogP) is 2.14. The summed E-state index contributed by atoms with van der Waals surface area (Å²) < 4.78 is 16.2. The van der Waals surface area contributed by atoms with E-state index in [9.17, 15) is 14.0 Å². The Morgan fingerprint density at radius 2 is 1.85 bits per heavy atom. The molecule has 2 aliphatic rings. The molecule has 0 bridgehead atoms. The Balaban J connectivity index is 1.79. The van der Waals surface area contributed by atoms with Crippen LogP contribution in [0.4, 0.5) is 4.39 Å². The SMILES string of the molecule is O=c1nc2n(Cc3cccc(F)c3)cccc-2c(=O)n1Cc1ccccn1. The van der Waals surface area contributed by atoms with Gasteiger partial charge in [0.2, 0.25) is 0 Å². The topological polar surface area (TPSA) is 69.8 Å². The first-order chi connectivity index (χ1) is 13.1. The van der Waals surface area contributed by atoms with Gasteiger partial charge in [0.25, 0.3) is 5.56 Å². The molecule has 0 amide bonds. The Labute approximate surface area is 153 Å². The number of benzene rings is 1. The van der Waals surface area contributed by atoms with Crippen molar-refractivity contribution in [3.63, 3.8) is 0 Å². The molecule has 27 heavy (non-hydrogen) atoms. The van der Waals surface area contributed by atoms with Crippen LogP contribution in [0.5, 0.6) is 0 Å². The first kappa shape index (κ1) is 16.8. The van der Waals surface area contributed by atoms with Gasteiger partial charge in [0.1, 0.15) is 5.82 Å². The van der Waals surface area contributed by atoms with Crippen LogP contribution >= 0.6 is 0 Å². The van der Waals surface area contributed by atoms with Crippen molar-refractivity contribution in [3.05, 3.63) is 105 Å². The molecule has 7 heteroatoms. The van der Waals surface area contributed by atoms with Gasteiger partial charge in [-0.1, -0.05) is 18.2 Å². The van der Waals surface area contributed by atoms with Gasteiger partial charge in [0.15, 0.2) is 5.82 Å². The Kier molecular flexibility index (Phi) is 4.33. The van der Waals surface area contributed by atoms with E-state index in [0.717, 1.165) is 4.57 Å². The zero-order valence-electron chi connectivity index (χ0n) is 14.2. The minimum Gasteiger partial charge on any atom is -0.328 e. The van der Waals surface area contributed by atoms with Crippen LogP contribution < -0.4 is 11.2 Å². The Morgan fingerprint density at radius 1 is 0.963 bits per heavy atom. The highest BCUT2D eigenvalue weighted by atomic mass is 19.1. The molecule has 1 aromatic heterocycles. The summed E-state index contributed by atoms with van der Waals surface area (Å²) in [5.41, 5.74) is 0.562. The lowest BCUT2D eigenvalue weighted by atomic mass is 10.2. The van der Waals surface area contributed by atoms with Crippen molar-refractivity contribution in [2.75, 3.05) is 0 Å². The molecule has 3 heterocycles. The van der Waals surface area contributed by atoms with Gasteiger partial charge in [0, 0.05) is 18.9 Å². The molecule has 0 N–H and O–H groups in total. The van der Waals surface area contributed by atoms with Gasteiger partial charge in [0.05, 0.1) is 17.8 Å². The average molecular weight is 362 g/mol. The number of halogens is 1. The molecule has 0 saturated heterocycles. The minimum absolute atomic E-state index is 0.0558. The summed E-state index contributed by atoms with van der Waals surface area (Å²) in [7, 11) is 0. The summed E-state index contributed by atoms with van der Waals surface area (Å²) in [4.78, 5) is 33.6. The van der Waals surface area contributed by atoms with Gasteiger partial charge in [-0.15, -0.1) is 0 Å². The van der Waals surface area contributed by atoms with Gasteiger partial charge >= 0.3 is 5.69 Å². The number of rotatable bonds is 4. The van der Waals surface area contributed by atoms with E-state index in [-0.39, 0.29) is 18.2 Å². The summed E-state index contributed by atoms with van der Waals surface area (Å²) >= 11 is 0. The lowest BCUT2D eigenvalue weighted by molar-refractivity contribution is 0.622. The van der Waals surface area contributed by atoms with E-state index in [4.69, 9.17) is 0 Å². The molecule has 0 fully saturated rings. The number of aromatic nitrogens is 4. The van der Waals surface area contributed by atoms with Crippen molar-refractivity contribution < 1.29 is 4.39 Å². The maximum atomic E-state index is 13.4. The lowest BCUT2D eigenvalue weighted by Gasteiger charge is -2.15. The number of pyridine rings is 2. The van der Waals surface area contributed by atoms with Crippen LogP contribution in [0.2, 0.25) is 0 Å². The largest absolute Gasteiger partial charge is 0.352 e. The second-order valence-corrected chi connectivity index (χ2v) is 6.11. The molecule has 0 atom stereocenters. The van der Waals surface area contributed by atoms with E-state index in [2.05, 4.69) is 9.97 Å². The molecule has 0 saturated carbocycles. The third-order valence-corrected chi connectivity index (χ3v) is 4.24. The summed E-state index contributed by atoms with van der Waals surface area (Å²) in [5, 5.41) is 0. The van der Waals surface area contributed by atoms with Crippen LogP contribution in [-0.2, 0) is 13.1 Å². The molecule has 0 radical (unpaired) electrons. The normalized spacial score (nSPS) is 11.0. The first-order valence-corrected chi connectivity index (χ1v) is 8.36. The van der Waals surface area contributed by atoms with E-state index >= 15 is 0 Å². The van der Waals surface area contributed by atoms with Gasteiger partial charge < -0.3 is 4.57 Å². The molecule has 0 unspecified atom stereocenters. The maximum Gasteiger partial charge on any atom is 0.352 e. The monoisotopic (exact) mass is 362 g/mol. The van der Waals surface area contributed by atoms with Crippen LogP contribution in [-0.4, -0.2) is 19.1 Å². The van der Waals surface area contributed by atoms with Crippen molar-refractivity contribution in [2.45, 2.75) is 13.1 Å². The summed E-state index contributed by atoms with van der Waals surface area (Å²) in [5.74, 6) is -0.0717. The quantitative estimate of drug-likeness (QED) is 0.558. The number of nitrogens with zero attached hydrogens (tertiary/aromatic N) is 4.